The number of hydrogen-bond acceptors (Lipinski definition) is 5. The van der Waals surface area contributed by atoms with Gasteiger partial charge in [0.15, 0.2) is 0 Å². The molecule has 0 unspecified atom stereocenters. The Balaban J connectivity index is 2.06. The third-order valence-electron chi connectivity index (χ3n) is 2.37. The van der Waals surface area contributed by atoms with Crippen LogP contribution in [0.5, 0.6) is 0 Å². The summed E-state index contributed by atoms with van der Waals surface area (Å²) >= 11 is -1.12. The van der Waals surface area contributed by atoms with Crippen LogP contribution in [0.1, 0.15) is 0 Å². The second-order valence-electron chi connectivity index (χ2n) is 3.68. The zero-order valence-corrected chi connectivity index (χ0v) is 13.8. The molecule has 2 rings (SSSR count). The van der Waals surface area contributed by atoms with E-state index in [0.29, 0.717) is 8.92 Å². The molecule has 0 radical (unpaired) electrons. The number of rotatable bonds is 6. The molecule has 0 bridgehead atoms. The number of hydrogen-bond donors (Lipinski definition) is 0. The van der Waals surface area contributed by atoms with Gasteiger partial charge in [0.1, 0.15) is 0 Å². The molecule has 21 heavy (non-hydrogen) atoms. The zero-order valence-electron chi connectivity index (χ0n) is 10.4. The molecule has 0 heterocycles. The Morgan fingerprint density at radius 3 is 1.52 bits per heavy atom. The van der Waals surface area contributed by atoms with Gasteiger partial charge in [-0.2, -0.15) is 0 Å². The summed E-state index contributed by atoms with van der Waals surface area (Å²) in [6, 6.07) is 12.7. The standard InChI is InChI=1S/C12H8N2O5Se2/c15-13(16)9-5-1-3-7-11(9)20-19-21-12-8-4-2-6-10(12)14(17)18/h1-8H. The van der Waals surface area contributed by atoms with Gasteiger partial charge < -0.3 is 0 Å². The van der Waals surface area contributed by atoms with Gasteiger partial charge in [0.05, 0.1) is 0 Å². The van der Waals surface area contributed by atoms with Crippen LogP contribution in [-0.2, 0) is 2.90 Å². The molecule has 0 fully saturated rings. The van der Waals surface area contributed by atoms with Gasteiger partial charge in [-0.05, 0) is 0 Å². The van der Waals surface area contributed by atoms with Gasteiger partial charge in [0, 0.05) is 0 Å². The fourth-order valence-electron chi connectivity index (χ4n) is 1.45. The third kappa shape index (κ3) is 4.10. The summed E-state index contributed by atoms with van der Waals surface area (Å²) in [6.07, 6.45) is 0. The normalized spacial score (nSPS) is 10.3. The van der Waals surface area contributed by atoms with E-state index in [1.54, 1.807) is 36.4 Å². The molecule has 0 aliphatic carbocycles. The average Bonchev–Trinajstić information content (AvgIpc) is 2.48. The summed E-state index contributed by atoms with van der Waals surface area (Å²) in [5, 5.41) is 21.7. The molecule has 0 aliphatic heterocycles. The van der Waals surface area contributed by atoms with Crippen molar-refractivity contribution in [1.29, 1.82) is 0 Å². The van der Waals surface area contributed by atoms with Crippen LogP contribution in [0.3, 0.4) is 0 Å². The van der Waals surface area contributed by atoms with Crippen molar-refractivity contribution >= 4 is 50.9 Å². The van der Waals surface area contributed by atoms with Crippen LogP contribution in [0.25, 0.3) is 0 Å². The first-order chi connectivity index (χ1) is 10.1. The van der Waals surface area contributed by atoms with Crippen molar-refractivity contribution in [3.8, 4) is 0 Å². The minimum absolute atomic E-state index is 0.0101. The maximum absolute atomic E-state index is 10.9. The van der Waals surface area contributed by atoms with Crippen molar-refractivity contribution in [3.05, 3.63) is 68.8 Å². The fourth-order valence-corrected chi connectivity index (χ4v) is 5.31. The minimum atomic E-state index is -0.562. The monoisotopic (exact) mass is 420 g/mol. The van der Waals surface area contributed by atoms with Crippen molar-refractivity contribution in [1.82, 2.24) is 0 Å². The topological polar surface area (TPSA) is 95.5 Å². The van der Waals surface area contributed by atoms with Gasteiger partial charge in [0.25, 0.3) is 0 Å². The van der Waals surface area contributed by atoms with Crippen LogP contribution < -0.4 is 8.92 Å². The predicted octanol–water partition coefficient (Wildman–Crippen LogP) is 0.709. The first kappa shape index (κ1) is 15.6. The molecule has 0 aromatic heterocycles. The number of nitro benzene ring substituents is 2. The maximum atomic E-state index is 10.9. The van der Waals surface area contributed by atoms with Gasteiger partial charge in [-0.1, -0.05) is 0 Å². The van der Waals surface area contributed by atoms with E-state index in [2.05, 4.69) is 0 Å². The summed E-state index contributed by atoms with van der Waals surface area (Å²) in [7, 11) is 0. The molecule has 0 saturated heterocycles. The van der Waals surface area contributed by atoms with Gasteiger partial charge in [-0.3, -0.25) is 0 Å². The van der Waals surface area contributed by atoms with E-state index in [4.69, 9.17) is 2.90 Å². The molecule has 9 heteroatoms. The fraction of sp³-hybridized carbons (Fsp3) is 0. The van der Waals surface area contributed by atoms with Gasteiger partial charge in [-0.15, -0.1) is 0 Å². The van der Waals surface area contributed by atoms with Crippen molar-refractivity contribution in [2.75, 3.05) is 0 Å². The average molecular weight is 418 g/mol. The van der Waals surface area contributed by atoms with Crippen LogP contribution in [0.2, 0.25) is 0 Å². The van der Waals surface area contributed by atoms with E-state index in [-0.39, 0.29) is 11.4 Å². The molecule has 2 aromatic rings. The van der Waals surface area contributed by atoms with Gasteiger partial charge in [-0.25, -0.2) is 0 Å². The number of benzene rings is 2. The number of nitrogens with zero attached hydrogens (tertiary/aromatic N) is 2. The van der Waals surface area contributed by atoms with Crippen molar-refractivity contribution in [3.63, 3.8) is 0 Å². The van der Waals surface area contributed by atoms with E-state index >= 15 is 0 Å². The summed E-state index contributed by atoms with van der Waals surface area (Å²) in [6.45, 7) is 0. The molecule has 0 spiro atoms. The molecule has 0 amide bonds. The molecular weight excluding hydrogens is 410 g/mol. The Kier molecular flexibility index (Phi) is 5.44. The molecule has 0 N–H and O–H groups in total. The Morgan fingerprint density at radius 1 is 0.762 bits per heavy atom. The summed E-state index contributed by atoms with van der Waals surface area (Å²) in [5.41, 5.74) is 0.0201. The van der Waals surface area contributed by atoms with Crippen LogP contribution >= 0.6 is 0 Å². The molecule has 108 valence electrons. The molecule has 0 aliphatic rings. The predicted molar refractivity (Wildman–Crippen MR) is 78.1 cm³/mol. The van der Waals surface area contributed by atoms with E-state index < -0.39 is 40.4 Å². The van der Waals surface area contributed by atoms with E-state index in [9.17, 15) is 20.2 Å². The van der Waals surface area contributed by atoms with Crippen LogP contribution in [-0.4, -0.2) is 40.4 Å². The summed E-state index contributed by atoms with van der Waals surface area (Å²) in [5.74, 6) is 0. The molecule has 0 atom stereocenters. The van der Waals surface area contributed by atoms with Crippen molar-refractivity contribution in [2.45, 2.75) is 0 Å². The Morgan fingerprint density at radius 2 is 1.14 bits per heavy atom. The molecule has 7 nitrogen and oxygen atoms in total. The Bertz CT molecular complexity index is 623. The zero-order chi connectivity index (χ0) is 15.2. The second kappa shape index (κ2) is 7.31. The Labute approximate surface area is 132 Å². The van der Waals surface area contributed by atoms with E-state index in [1.165, 1.54) is 12.1 Å². The summed E-state index contributed by atoms with van der Waals surface area (Å²) in [4.78, 5) is 20.8. The van der Waals surface area contributed by atoms with Crippen LogP contribution in [0.15, 0.2) is 48.5 Å². The first-order valence-corrected chi connectivity index (χ1v) is 8.69. The van der Waals surface area contributed by atoms with Crippen LogP contribution in [0, 0.1) is 20.2 Å². The molecule has 0 saturated carbocycles. The Hall–Kier alpha value is -1.76. The summed E-state index contributed by atoms with van der Waals surface area (Å²) < 4.78 is 6.52. The third-order valence-corrected chi connectivity index (χ3v) is 6.34. The van der Waals surface area contributed by atoms with Gasteiger partial charge in [0.2, 0.25) is 0 Å². The molecule has 2 aromatic carbocycles. The SMILES string of the molecule is O=[N+]([O-])c1ccccc1[Se]O[Se]c1ccccc1[N+](=O)[O-]. The van der Waals surface area contributed by atoms with Crippen molar-refractivity contribution < 1.29 is 12.7 Å². The number of nitro groups is 2. The van der Waals surface area contributed by atoms with Crippen LogP contribution in [0.4, 0.5) is 11.4 Å². The van der Waals surface area contributed by atoms with Gasteiger partial charge >= 0.3 is 132 Å². The quantitative estimate of drug-likeness (QED) is 0.391. The van der Waals surface area contributed by atoms with E-state index in [1.807, 2.05) is 0 Å². The first-order valence-electron chi connectivity index (χ1n) is 5.57. The van der Waals surface area contributed by atoms with E-state index in [0.717, 1.165) is 0 Å². The second-order valence-corrected chi connectivity index (χ2v) is 8.00. The van der Waals surface area contributed by atoms with Crippen molar-refractivity contribution in [2.24, 2.45) is 0 Å². The molecular formula is C12H8N2O5Se2. The number of para-hydroxylation sites is 2.